The Hall–Kier alpha value is -0.570. The molecule has 1 fully saturated rings. The maximum absolute atomic E-state index is 11.7. The van der Waals surface area contributed by atoms with Crippen molar-refractivity contribution in [3.8, 4) is 0 Å². The number of nitrogens with zero attached hydrogens (tertiary/aromatic N) is 1. The van der Waals surface area contributed by atoms with E-state index < -0.39 is 0 Å². The molecule has 15 heavy (non-hydrogen) atoms. The standard InChI is InChI=1S/C12H24N2O/c1-9(2)7-10(3)13-8-12(15)14(4)11-5-6-11/h9-11,13H,5-8H2,1-4H3. The van der Waals surface area contributed by atoms with Crippen molar-refractivity contribution in [2.24, 2.45) is 5.92 Å². The van der Waals surface area contributed by atoms with E-state index in [-0.39, 0.29) is 5.91 Å². The molecule has 0 aromatic carbocycles. The maximum Gasteiger partial charge on any atom is 0.236 e. The zero-order chi connectivity index (χ0) is 11.4. The number of rotatable bonds is 6. The van der Waals surface area contributed by atoms with Crippen molar-refractivity contribution in [2.45, 2.75) is 52.1 Å². The molecule has 1 N–H and O–H groups in total. The Bertz CT molecular complexity index is 212. The smallest absolute Gasteiger partial charge is 0.236 e. The Morgan fingerprint density at radius 3 is 2.47 bits per heavy atom. The molecule has 0 aliphatic heterocycles. The van der Waals surface area contributed by atoms with Gasteiger partial charge in [0, 0.05) is 19.1 Å². The van der Waals surface area contributed by atoms with Crippen LogP contribution < -0.4 is 5.32 Å². The summed E-state index contributed by atoms with van der Waals surface area (Å²) < 4.78 is 0. The summed E-state index contributed by atoms with van der Waals surface area (Å²) in [5.41, 5.74) is 0. The average molecular weight is 212 g/mol. The van der Waals surface area contributed by atoms with Gasteiger partial charge >= 0.3 is 0 Å². The Kier molecular flexibility index (Phi) is 4.58. The highest BCUT2D eigenvalue weighted by atomic mass is 16.2. The highest BCUT2D eigenvalue weighted by Gasteiger charge is 2.29. The lowest BCUT2D eigenvalue weighted by Gasteiger charge is -2.20. The first kappa shape index (κ1) is 12.5. The van der Waals surface area contributed by atoms with Crippen molar-refractivity contribution in [3.05, 3.63) is 0 Å². The van der Waals surface area contributed by atoms with Gasteiger partial charge in [0.1, 0.15) is 0 Å². The number of carbonyl (C=O) groups excluding carboxylic acids is 1. The van der Waals surface area contributed by atoms with E-state index in [2.05, 4.69) is 26.1 Å². The van der Waals surface area contributed by atoms with E-state index in [0.29, 0.717) is 24.5 Å². The van der Waals surface area contributed by atoms with E-state index in [1.54, 1.807) is 0 Å². The maximum atomic E-state index is 11.7. The fourth-order valence-electron chi connectivity index (χ4n) is 1.84. The van der Waals surface area contributed by atoms with Crippen molar-refractivity contribution < 1.29 is 4.79 Å². The Morgan fingerprint density at radius 1 is 1.40 bits per heavy atom. The minimum atomic E-state index is 0.230. The fourth-order valence-corrected chi connectivity index (χ4v) is 1.84. The minimum absolute atomic E-state index is 0.230. The highest BCUT2D eigenvalue weighted by molar-refractivity contribution is 5.78. The molecule has 1 aliphatic carbocycles. The number of nitrogens with one attached hydrogen (secondary N) is 1. The van der Waals surface area contributed by atoms with Crippen LogP contribution in [0.3, 0.4) is 0 Å². The molecule has 1 unspecified atom stereocenters. The third kappa shape index (κ3) is 4.65. The van der Waals surface area contributed by atoms with E-state index in [1.807, 2.05) is 11.9 Å². The SMILES string of the molecule is CC(C)CC(C)NCC(=O)N(C)C1CC1. The molecule has 0 bridgehead atoms. The third-order valence-corrected chi connectivity index (χ3v) is 2.91. The van der Waals surface area contributed by atoms with Crippen molar-refractivity contribution in [1.29, 1.82) is 0 Å². The normalized spacial score (nSPS) is 17.9. The molecule has 1 amide bonds. The summed E-state index contributed by atoms with van der Waals surface area (Å²) in [4.78, 5) is 13.6. The fraction of sp³-hybridized carbons (Fsp3) is 0.917. The first-order valence-electron chi connectivity index (χ1n) is 5.99. The van der Waals surface area contributed by atoms with Crippen LogP contribution in [0.1, 0.15) is 40.0 Å². The van der Waals surface area contributed by atoms with E-state index in [4.69, 9.17) is 0 Å². The minimum Gasteiger partial charge on any atom is -0.342 e. The molecule has 0 aromatic heterocycles. The Balaban J connectivity index is 2.15. The average Bonchev–Trinajstić information content (AvgIpc) is 2.95. The number of hydrogen-bond donors (Lipinski definition) is 1. The van der Waals surface area contributed by atoms with Crippen molar-refractivity contribution in [3.63, 3.8) is 0 Å². The molecule has 1 rings (SSSR count). The van der Waals surface area contributed by atoms with E-state index >= 15 is 0 Å². The van der Waals surface area contributed by atoms with Crippen LogP contribution >= 0.6 is 0 Å². The molecule has 1 atom stereocenters. The summed E-state index contributed by atoms with van der Waals surface area (Å²) in [5, 5.41) is 3.29. The summed E-state index contributed by atoms with van der Waals surface area (Å²) in [6, 6.07) is 0.959. The van der Waals surface area contributed by atoms with Crippen LogP contribution in [0.5, 0.6) is 0 Å². The highest BCUT2D eigenvalue weighted by Crippen LogP contribution is 2.25. The van der Waals surface area contributed by atoms with Crippen LogP contribution in [0.4, 0.5) is 0 Å². The second kappa shape index (κ2) is 5.50. The lowest BCUT2D eigenvalue weighted by atomic mass is 10.1. The number of amides is 1. The van der Waals surface area contributed by atoms with Crippen LogP contribution in [0, 0.1) is 5.92 Å². The summed E-state index contributed by atoms with van der Waals surface area (Å²) in [7, 11) is 1.91. The molecule has 0 heterocycles. The monoisotopic (exact) mass is 212 g/mol. The molecular formula is C12H24N2O. The second-order valence-corrected chi connectivity index (χ2v) is 5.15. The molecule has 0 saturated heterocycles. The largest absolute Gasteiger partial charge is 0.342 e. The molecule has 3 heteroatoms. The quantitative estimate of drug-likeness (QED) is 0.726. The van der Waals surface area contributed by atoms with Gasteiger partial charge in [-0.15, -0.1) is 0 Å². The molecule has 1 aliphatic rings. The van der Waals surface area contributed by atoms with Crippen LogP contribution in [0.15, 0.2) is 0 Å². The molecular weight excluding hydrogens is 188 g/mol. The first-order chi connectivity index (χ1) is 7.00. The zero-order valence-corrected chi connectivity index (χ0v) is 10.4. The molecule has 3 nitrogen and oxygen atoms in total. The number of carbonyl (C=O) groups is 1. The molecule has 88 valence electrons. The van der Waals surface area contributed by atoms with Gasteiger partial charge in [0.05, 0.1) is 6.54 Å². The topological polar surface area (TPSA) is 32.3 Å². The van der Waals surface area contributed by atoms with Crippen molar-refractivity contribution >= 4 is 5.91 Å². The van der Waals surface area contributed by atoms with Gasteiger partial charge in [0.25, 0.3) is 0 Å². The molecule has 0 radical (unpaired) electrons. The van der Waals surface area contributed by atoms with Gasteiger partial charge in [0.2, 0.25) is 5.91 Å². The first-order valence-corrected chi connectivity index (χ1v) is 5.99. The second-order valence-electron chi connectivity index (χ2n) is 5.15. The van der Waals surface area contributed by atoms with E-state index in [9.17, 15) is 4.79 Å². The van der Waals surface area contributed by atoms with Crippen molar-refractivity contribution in [1.82, 2.24) is 10.2 Å². The number of likely N-dealkylation sites (N-methyl/N-ethyl adjacent to an activating group) is 1. The van der Waals surface area contributed by atoms with Crippen LogP contribution in [-0.2, 0) is 4.79 Å². The predicted octanol–water partition coefficient (Wildman–Crippen LogP) is 1.63. The molecule has 1 saturated carbocycles. The van der Waals surface area contributed by atoms with Crippen molar-refractivity contribution in [2.75, 3.05) is 13.6 Å². The molecule has 0 spiro atoms. The van der Waals surface area contributed by atoms with Crippen LogP contribution in [0.25, 0.3) is 0 Å². The van der Waals surface area contributed by atoms with Gasteiger partial charge < -0.3 is 10.2 Å². The van der Waals surface area contributed by atoms with E-state index in [0.717, 1.165) is 6.42 Å². The third-order valence-electron chi connectivity index (χ3n) is 2.91. The van der Waals surface area contributed by atoms with Gasteiger partial charge in [-0.3, -0.25) is 4.79 Å². The van der Waals surface area contributed by atoms with Gasteiger partial charge in [-0.05, 0) is 32.1 Å². The zero-order valence-electron chi connectivity index (χ0n) is 10.4. The van der Waals surface area contributed by atoms with E-state index in [1.165, 1.54) is 12.8 Å². The number of hydrogen-bond acceptors (Lipinski definition) is 2. The van der Waals surface area contributed by atoms with Gasteiger partial charge in [-0.2, -0.15) is 0 Å². The lowest BCUT2D eigenvalue weighted by Crippen LogP contribution is -2.40. The van der Waals surface area contributed by atoms with Gasteiger partial charge in [0.15, 0.2) is 0 Å². The van der Waals surface area contributed by atoms with Crippen LogP contribution in [-0.4, -0.2) is 36.5 Å². The molecule has 0 aromatic rings. The predicted molar refractivity (Wildman–Crippen MR) is 62.7 cm³/mol. The summed E-state index contributed by atoms with van der Waals surface area (Å²) in [5.74, 6) is 0.914. The summed E-state index contributed by atoms with van der Waals surface area (Å²) in [6.45, 7) is 7.04. The lowest BCUT2D eigenvalue weighted by molar-refractivity contribution is -0.129. The Labute approximate surface area is 93.2 Å². The summed E-state index contributed by atoms with van der Waals surface area (Å²) >= 11 is 0. The van der Waals surface area contributed by atoms with Gasteiger partial charge in [-0.25, -0.2) is 0 Å². The Morgan fingerprint density at radius 2 is 2.00 bits per heavy atom. The van der Waals surface area contributed by atoms with Gasteiger partial charge in [-0.1, -0.05) is 13.8 Å². The summed E-state index contributed by atoms with van der Waals surface area (Å²) in [6.07, 6.45) is 3.49. The van der Waals surface area contributed by atoms with Crippen LogP contribution in [0.2, 0.25) is 0 Å².